The maximum Gasteiger partial charge on any atom is 0.407 e. The number of rotatable bonds is 10. The monoisotopic (exact) mass is 613 g/mol. The maximum atomic E-state index is 13.9. The predicted octanol–water partition coefficient (Wildman–Crippen LogP) is 4.52. The Morgan fingerprint density at radius 2 is 1.79 bits per heavy atom. The van der Waals surface area contributed by atoms with Crippen LogP contribution in [0.3, 0.4) is 0 Å². The van der Waals surface area contributed by atoms with Crippen LogP contribution in [0.25, 0.3) is 0 Å². The summed E-state index contributed by atoms with van der Waals surface area (Å²) >= 11 is 3.29. The number of carbonyl (C=O) groups excluding carboxylic acids is 3. The lowest BCUT2D eigenvalue weighted by atomic mass is 9.97. The average molecular weight is 614 g/mol. The first-order chi connectivity index (χ1) is 20.0. The van der Waals surface area contributed by atoms with Crippen LogP contribution >= 0.6 is 23.5 Å². The second kappa shape index (κ2) is 14.2. The van der Waals surface area contributed by atoms with Gasteiger partial charge in [0.05, 0.1) is 11.9 Å². The van der Waals surface area contributed by atoms with Gasteiger partial charge in [-0.15, -0.1) is 11.8 Å². The van der Waals surface area contributed by atoms with Gasteiger partial charge in [-0.2, -0.15) is 11.8 Å². The Hall–Kier alpha value is -2.69. The highest BCUT2D eigenvalue weighted by Gasteiger charge is 2.50. The Balaban J connectivity index is 1.49. The number of benzene rings is 2. The number of aliphatic hydroxyl groups excluding tert-OH is 1. The molecule has 2 aromatic rings. The molecule has 3 N–H and O–H groups in total. The van der Waals surface area contributed by atoms with Crippen molar-refractivity contribution in [1.29, 1.82) is 0 Å². The van der Waals surface area contributed by atoms with E-state index in [1.165, 1.54) is 16.7 Å². The summed E-state index contributed by atoms with van der Waals surface area (Å²) in [5.74, 6) is 0.655. The summed E-state index contributed by atoms with van der Waals surface area (Å²) in [4.78, 5) is 41.9. The van der Waals surface area contributed by atoms with Crippen molar-refractivity contribution in [2.45, 2.75) is 88.3 Å². The number of nitrogens with one attached hydrogen (secondary N) is 2. The molecule has 0 aliphatic carbocycles. The predicted molar refractivity (Wildman–Crippen MR) is 169 cm³/mol. The van der Waals surface area contributed by atoms with E-state index < -0.39 is 34.9 Å². The van der Waals surface area contributed by atoms with Gasteiger partial charge < -0.3 is 25.4 Å². The smallest absolute Gasteiger partial charge is 0.407 e. The molecule has 2 fully saturated rings. The fourth-order valence-corrected chi connectivity index (χ4v) is 8.19. The zero-order valence-electron chi connectivity index (χ0n) is 25.0. The van der Waals surface area contributed by atoms with Gasteiger partial charge in [-0.25, -0.2) is 4.79 Å². The third-order valence-electron chi connectivity index (χ3n) is 8.02. The molecule has 0 spiro atoms. The molecular weight excluding hydrogens is 571 g/mol. The number of nitrogens with zero attached hydrogens (tertiary/aromatic N) is 1. The summed E-state index contributed by atoms with van der Waals surface area (Å²) in [6, 6.07) is 15.5. The summed E-state index contributed by atoms with van der Waals surface area (Å²) < 4.78 is 5.24. The number of hydrogen-bond acceptors (Lipinski definition) is 7. The minimum absolute atomic E-state index is 0.206. The molecule has 2 aromatic carbocycles. The van der Waals surface area contributed by atoms with Crippen LogP contribution in [0.1, 0.15) is 50.8 Å². The number of amides is 3. The van der Waals surface area contributed by atoms with Crippen LogP contribution < -0.4 is 10.6 Å². The van der Waals surface area contributed by atoms with Crippen molar-refractivity contribution < 1.29 is 24.2 Å². The molecule has 228 valence electrons. The van der Waals surface area contributed by atoms with Gasteiger partial charge in [-0.1, -0.05) is 68.4 Å². The van der Waals surface area contributed by atoms with E-state index in [4.69, 9.17) is 4.74 Å². The molecular formula is C32H43N3O5S2. The van der Waals surface area contributed by atoms with Crippen LogP contribution in [0.5, 0.6) is 0 Å². The minimum Gasteiger partial charge on any atom is -0.445 e. The molecule has 42 heavy (non-hydrogen) atoms. The fourth-order valence-electron chi connectivity index (χ4n) is 5.61. The number of carbonyl (C=O) groups is 3. The molecule has 2 aliphatic rings. The lowest BCUT2D eigenvalue weighted by Crippen LogP contribution is -2.58. The Bertz CT molecular complexity index is 1240. The molecule has 0 radical (unpaired) electrons. The van der Waals surface area contributed by atoms with Gasteiger partial charge in [0.1, 0.15) is 12.1 Å². The highest BCUT2D eigenvalue weighted by Crippen LogP contribution is 2.40. The molecule has 2 heterocycles. The van der Waals surface area contributed by atoms with Gasteiger partial charge >= 0.3 is 6.09 Å². The largest absolute Gasteiger partial charge is 0.445 e. The third-order valence-corrected chi connectivity index (χ3v) is 11.1. The number of thioether (sulfide) groups is 2. The van der Waals surface area contributed by atoms with E-state index >= 15 is 0 Å². The van der Waals surface area contributed by atoms with Crippen molar-refractivity contribution in [2.75, 3.05) is 11.6 Å². The maximum absolute atomic E-state index is 13.9. The second-order valence-corrected chi connectivity index (χ2v) is 14.8. The van der Waals surface area contributed by atoms with E-state index in [1.54, 1.807) is 11.8 Å². The molecule has 2 saturated heterocycles. The quantitative estimate of drug-likeness (QED) is 0.362. The van der Waals surface area contributed by atoms with Crippen molar-refractivity contribution in [1.82, 2.24) is 15.5 Å². The van der Waals surface area contributed by atoms with Gasteiger partial charge in [0.25, 0.3) is 5.91 Å². The van der Waals surface area contributed by atoms with Crippen LogP contribution in [0, 0.1) is 12.8 Å². The van der Waals surface area contributed by atoms with Crippen molar-refractivity contribution in [3.63, 3.8) is 0 Å². The average Bonchev–Trinajstić information content (AvgIpc) is 3.55. The van der Waals surface area contributed by atoms with Crippen LogP contribution in [-0.2, 0) is 27.3 Å². The van der Waals surface area contributed by atoms with Gasteiger partial charge in [-0.3, -0.25) is 9.59 Å². The van der Waals surface area contributed by atoms with Crippen molar-refractivity contribution >= 4 is 41.4 Å². The summed E-state index contributed by atoms with van der Waals surface area (Å²) in [5.41, 5.74) is 2.92. The number of aliphatic hydroxyl groups is 1. The third kappa shape index (κ3) is 7.82. The molecule has 8 nitrogen and oxygen atoms in total. The topological polar surface area (TPSA) is 108 Å². The van der Waals surface area contributed by atoms with E-state index in [9.17, 15) is 19.5 Å². The van der Waals surface area contributed by atoms with Crippen LogP contribution in [0.15, 0.2) is 54.6 Å². The SMILES string of the molecule is Cc1ccccc1CNC(=O)[C@H]1N(C(=O)[C@@H](O)[C@H](Cc2ccccc2)NC(=O)OC2CCS[C@@H]2C(C)C)CSC1(C)C. The summed E-state index contributed by atoms with van der Waals surface area (Å²) in [5, 5.41) is 17.5. The normalized spacial score (nSPS) is 22.9. The van der Waals surface area contributed by atoms with Crippen molar-refractivity contribution in [2.24, 2.45) is 5.92 Å². The van der Waals surface area contributed by atoms with E-state index in [2.05, 4.69) is 24.5 Å². The van der Waals surface area contributed by atoms with E-state index in [0.29, 0.717) is 12.5 Å². The highest BCUT2D eigenvalue weighted by atomic mass is 32.2. The van der Waals surface area contributed by atoms with Gasteiger partial charge in [-0.05, 0) is 62.0 Å². The molecule has 0 saturated carbocycles. The summed E-state index contributed by atoms with van der Waals surface area (Å²) in [7, 11) is 0. The molecule has 5 atom stereocenters. The Kier molecular flexibility index (Phi) is 10.9. The molecule has 10 heteroatoms. The number of alkyl carbamates (subject to hydrolysis) is 1. The second-order valence-electron chi connectivity index (χ2n) is 11.9. The fraction of sp³-hybridized carbons (Fsp3) is 0.531. The lowest BCUT2D eigenvalue weighted by molar-refractivity contribution is -0.147. The van der Waals surface area contributed by atoms with Crippen molar-refractivity contribution in [3.8, 4) is 0 Å². The lowest BCUT2D eigenvalue weighted by Gasteiger charge is -2.33. The standard InChI is InChI=1S/C32H43N3O5S2/c1-20(2)27-25(15-16-41-27)40-31(39)34-24(17-22-12-7-6-8-13-22)26(36)30(38)35-19-42-32(4,5)28(35)29(37)33-18-23-14-10-9-11-21(23)3/h6-14,20,24-28,36H,15-19H2,1-5H3,(H,33,37)(H,34,39)/t24-,25?,26-,27+,28+/m0/s1. The molecule has 3 amide bonds. The van der Waals surface area contributed by atoms with Crippen LogP contribution in [-0.4, -0.2) is 73.8 Å². The number of aryl methyl sites for hydroxylation is 1. The first-order valence-corrected chi connectivity index (χ1v) is 16.6. The van der Waals surface area contributed by atoms with E-state index in [-0.39, 0.29) is 29.6 Å². The van der Waals surface area contributed by atoms with Gasteiger partial charge in [0, 0.05) is 16.5 Å². The van der Waals surface area contributed by atoms with Gasteiger partial charge in [0.15, 0.2) is 6.10 Å². The molecule has 0 bridgehead atoms. The molecule has 1 unspecified atom stereocenters. The molecule has 2 aliphatic heterocycles. The zero-order chi connectivity index (χ0) is 30.4. The van der Waals surface area contributed by atoms with Crippen LogP contribution in [0.4, 0.5) is 4.79 Å². The molecule has 4 rings (SSSR count). The van der Waals surface area contributed by atoms with Crippen LogP contribution in [0.2, 0.25) is 0 Å². The highest BCUT2D eigenvalue weighted by molar-refractivity contribution is 8.01. The van der Waals surface area contributed by atoms with E-state index in [1.807, 2.05) is 75.4 Å². The number of hydrogen-bond donors (Lipinski definition) is 3. The zero-order valence-corrected chi connectivity index (χ0v) is 26.7. The first kappa shape index (κ1) is 32.2. The summed E-state index contributed by atoms with van der Waals surface area (Å²) in [6.45, 7) is 10.4. The number of ether oxygens (including phenoxy) is 1. The summed E-state index contributed by atoms with van der Waals surface area (Å²) in [6.07, 6.45) is -1.45. The van der Waals surface area contributed by atoms with E-state index in [0.717, 1.165) is 28.9 Å². The Morgan fingerprint density at radius 1 is 1.10 bits per heavy atom. The molecule has 0 aromatic heterocycles. The first-order valence-electron chi connectivity index (χ1n) is 14.6. The minimum atomic E-state index is -1.57. The van der Waals surface area contributed by atoms with Gasteiger partial charge in [0.2, 0.25) is 5.91 Å². The Labute approximate surface area is 257 Å². The Morgan fingerprint density at radius 3 is 2.48 bits per heavy atom. The van der Waals surface area contributed by atoms with Crippen molar-refractivity contribution in [3.05, 3.63) is 71.3 Å².